The predicted octanol–water partition coefficient (Wildman–Crippen LogP) is 3.86. The Hall–Kier alpha value is -2.82. The molecule has 0 unspecified atom stereocenters. The largest absolute Gasteiger partial charge is 0.484 e. The molecule has 7 nitrogen and oxygen atoms in total. The van der Waals surface area contributed by atoms with Crippen LogP contribution < -0.4 is 10.1 Å². The molecule has 0 aliphatic rings. The SMILES string of the molecule is O=[N+]([O-])c1c(NCc2ccc(OCC(F)(F)F)cc2)nc2sccn12. The van der Waals surface area contributed by atoms with E-state index in [4.69, 9.17) is 0 Å². The third kappa shape index (κ3) is 3.99. The molecule has 11 heteroatoms. The highest BCUT2D eigenvalue weighted by Crippen LogP contribution is 2.28. The second-order valence-corrected chi connectivity index (χ2v) is 5.87. The Labute approximate surface area is 142 Å². The van der Waals surface area contributed by atoms with Gasteiger partial charge in [-0.05, 0) is 22.6 Å². The van der Waals surface area contributed by atoms with E-state index in [1.807, 2.05) is 0 Å². The third-order valence-corrected chi connectivity index (χ3v) is 3.95. The Balaban J connectivity index is 1.67. The minimum Gasteiger partial charge on any atom is -0.484 e. The average molecular weight is 372 g/mol. The Morgan fingerprint density at radius 2 is 2.04 bits per heavy atom. The zero-order valence-electron chi connectivity index (χ0n) is 12.5. The molecule has 0 aliphatic heterocycles. The van der Waals surface area contributed by atoms with Gasteiger partial charge in [0.25, 0.3) is 4.96 Å². The maximum absolute atomic E-state index is 12.1. The van der Waals surface area contributed by atoms with Gasteiger partial charge in [0.1, 0.15) is 11.9 Å². The van der Waals surface area contributed by atoms with E-state index in [-0.39, 0.29) is 23.9 Å². The summed E-state index contributed by atoms with van der Waals surface area (Å²) in [6, 6.07) is 5.96. The van der Waals surface area contributed by atoms with Crippen molar-refractivity contribution >= 4 is 27.9 Å². The van der Waals surface area contributed by atoms with E-state index in [2.05, 4.69) is 15.0 Å². The molecule has 132 valence electrons. The number of benzene rings is 1. The number of aromatic nitrogens is 2. The van der Waals surface area contributed by atoms with Crippen molar-refractivity contribution in [3.05, 3.63) is 51.5 Å². The topological polar surface area (TPSA) is 81.7 Å². The predicted molar refractivity (Wildman–Crippen MR) is 85.0 cm³/mol. The van der Waals surface area contributed by atoms with Gasteiger partial charge in [-0.2, -0.15) is 22.6 Å². The Bertz CT molecular complexity index is 889. The molecule has 0 saturated carbocycles. The number of ether oxygens (including phenoxy) is 1. The summed E-state index contributed by atoms with van der Waals surface area (Å²) < 4.78 is 42.3. The van der Waals surface area contributed by atoms with Crippen molar-refractivity contribution in [2.24, 2.45) is 0 Å². The van der Waals surface area contributed by atoms with E-state index >= 15 is 0 Å². The molecular weight excluding hydrogens is 361 g/mol. The van der Waals surface area contributed by atoms with E-state index in [1.54, 1.807) is 23.7 Å². The number of imidazole rings is 1. The van der Waals surface area contributed by atoms with E-state index in [9.17, 15) is 23.3 Å². The summed E-state index contributed by atoms with van der Waals surface area (Å²) in [5.74, 6) is 0.0604. The molecule has 0 fully saturated rings. The number of fused-ring (bicyclic) bond motifs is 1. The number of alkyl halides is 3. The van der Waals surface area contributed by atoms with Crippen molar-refractivity contribution in [2.45, 2.75) is 12.7 Å². The first-order valence-electron chi connectivity index (χ1n) is 6.96. The zero-order chi connectivity index (χ0) is 18.0. The van der Waals surface area contributed by atoms with Crippen LogP contribution >= 0.6 is 11.3 Å². The molecule has 0 aliphatic carbocycles. The van der Waals surface area contributed by atoms with Gasteiger partial charge in [-0.1, -0.05) is 23.5 Å². The third-order valence-electron chi connectivity index (χ3n) is 3.20. The van der Waals surface area contributed by atoms with Gasteiger partial charge in [0.2, 0.25) is 5.82 Å². The summed E-state index contributed by atoms with van der Waals surface area (Å²) in [5, 5.41) is 15.8. The fourth-order valence-corrected chi connectivity index (χ4v) is 2.83. The first kappa shape index (κ1) is 17.0. The van der Waals surface area contributed by atoms with Crippen LogP contribution in [0.1, 0.15) is 5.56 Å². The van der Waals surface area contributed by atoms with E-state index in [0.29, 0.717) is 10.5 Å². The summed E-state index contributed by atoms with van der Waals surface area (Å²) in [6.45, 7) is -1.13. The number of thiazole rings is 1. The van der Waals surface area contributed by atoms with Crippen molar-refractivity contribution in [2.75, 3.05) is 11.9 Å². The molecule has 3 aromatic rings. The highest BCUT2D eigenvalue weighted by molar-refractivity contribution is 7.15. The van der Waals surface area contributed by atoms with Crippen molar-refractivity contribution < 1.29 is 22.8 Å². The number of nitro groups is 1. The first-order chi connectivity index (χ1) is 11.8. The minimum atomic E-state index is -4.40. The number of hydrogen-bond acceptors (Lipinski definition) is 6. The molecule has 0 atom stereocenters. The molecule has 2 heterocycles. The Kier molecular flexibility index (Phi) is 4.49. The molecule has 0 spiro atoms. The minimum absolute atomic E-state index is 0.0922. The lowest BCUT2D eigenvalue weighted by Crippen LogP contribution is -2.19. The molecule has 2 aromatic heterocycles. The summed E-state index contributed by atoms with van der Waals surface area (Å²) in [5.41, 5.74) is 0.713. The summed E-state index contributed by atoms with van der Waals surface area (Å²) in [6.07, 6.45) is -2.84. The van der Waals surface area contributed by atoms with Crippen LogP contribution in [0.5, 0.6) is 5.75 Å². The quantitative estimate of drug-likeness (QED) is 0.525. The Morgan fingerprint density at radius 3 is 2.68 bits per heavy atom. The van der Waals surface area contributed by atoms with Crippen molar-refractivity contribution in [1.29, 1.82) is 0 Å². The van der Waals surface area contributed by atoms with Gasteiger partial charge >= 0.3 is 12.0 Å². The molecule has 1 N–H and O–H groups in total. The lowest BCUT2D eigenvalue weighted by Gasteiger charge is -2.09. The second kappa shape index (κ2) is 6.59. The molecule has 0 amide bonds. The van der Waals surface area contributed by atoms with Crippen LogP contribution in [0, 0.1) is 10.1 Å². The lowest BCUT2D eigenvalue weighted by atomic mass is 10.2. The number of nitrogens with zero attached hydrogens (tertiary/aromatic N) is 3. The number of anilines is 1. The van der Waals surface area contributed by atoms with Gasteiger partial charge in [-0.15, -0.1) is 0 Å². The number of hydrogen-bond donors (Lipinski definition) is 1. The van der Waals surface area contributed by atoms with Crippen molar-refractivity contribution in [1.82, 2.24) is 9.38 Å². The maximum Gasteiger partial charge on any atom is 0.422 e. The standard InChI is InChI=1S/C14H11F3N4O3S/c15-14(16,17)8-24-10-3-1-9(2-4-10)7-18-11-12(21(22)23)20-5-6-25-13(20)19-11/h1-6,18H,7-8H2. The van der Waals surface area contributed by atoms with Crippen LogP contribution in [-0.4, -0.2) is 27.1 Å². The summed E-state index contributed by atoms with van der Waals surface area (Å²) in [7, 11) is 0. The molecule has 3 rings (SSSR count). The highest BCUT2D eigenvalue weighted by atomic mass is 32.1. The van der Waals surface area contributed by atoms with Gasteiger partial charge in [0.15, 0.2) is 6.61 Å². The van der Waals surface area contributed by atoms with Gasteiger partial charge in [-0.3, -0.25) is 0 Å². The summed E-state index contributed by atoms with van der Waals surface area (Å²) >= 11 is 1.27. The molecule has 1 aromatic carbocycles. The molecule has 0 saturated heterocycles. The zero-order valence-corrected chi connectivity index (χ0v) is 13.3. The second-order valence-electron chi connectivity index (χ2n) is 5.00. The van der Waals surface area contributed by atoms with Crippen LogP contribution in [0.4, 0.5) is 24.8 Å². The van der Waals surface area contributed by atoms with Crippen molar-refractivity contribution in [3.8, 4) is 5.75 Å². The molecule has 25 heavy (non-hydrogen) atoms. The fourth-order valence-electron chi connectivity index (χ4n) is 2.12. The summed E-state index contributed by atoms with van der Waals surface area (Å²) in [4.78, 5) is 15.3. The Morgan fingerprint density at radius 1 is 1.32 bits per heavy atom. The van der Waals surface area contributed by atoms with Gasteiger partial charge < -0.3 is 20.2 Å². The van der Waals surface area contributed by atoms with E-state index < -0.39 is 17.7 Å². The van der Waals surface area contributed by atoms with Crippen LogP contribution in [0.15, 0.2) is 35.8 Å². The van der Waals surface area contributed by atoms with Crippen molar-refractivity contribution in [3.63, 3.8) is 0 Å². The van der Waals surface area contributed by atoms with Gasteiger partial charge in [0.05, 0.1) is 0 Å². The molecule has 0 radical (unpaired) electrons. The number of halogens is 3. The normalized spacial score (nSPS) is 11.6. The van der Waals surface area contributed by atoms with Crippen LogP contribution in [0.3, 0.4) is 0 Å². The first-order valence-corrected chi connectivity index (χ1v) is 7.84. The number of rotatable bonds is 6. The average Bonchev–Trinajstić information content (AvgIpc) is 3.11. The van der Waals surface area contributed by atoms with E-state index in [1.165, 1.54) is 27.9 Å². The van der Waals surface area contributed by atoms with Crippen LogP contribution in [0.25, 0.3) is 4.96 Å². The van der Waals surface area contributed by atoms with Crippen LogP contribution in [-0.2, 0) is 6.54 Å². The number of nitrogens with one attached hydrogen (secondary N) is 1. The molecular formula is C14H11F3N4O3S. The maximum atomic E-state index is 12.1. The van der Waals surface area contributed by atoms with Gasteiger partial charge in [0, 0.05) is 11.9 Å². The van der Waals surface area contributed by atoms with Gasteiger partial charge in [-0.25, -0.2) is 0 Å². The smallest absolute Gasteiger partial charge is 0.422 e. The highest BCUT2D eigenvalue weighted by Gasteiger charge is 2.28. The van der Waals surface area contributed by atoms with Crippen LogP contribution in [0.2, 0.25) is 0 Å². The fraction of sp³-hybridized carbons (Fsp3) is 0.214. The molecule has 0 bridgehead atoms. The lowest BCUT2D eigenvalue weighted by molar-refractivity contribution is -0.389. The van der Waals surface area contributed by atoms with E-state index in [0.717, 1.165) is 0 Å². The monoisotopic (exact) mass is 372 g/mol.